The quantitative estimate of drug-likeness (QED) is 0.833. The lowest BCUT2D eigenvalue weighted by Gasteiger charge is -2.30. The molecule has 0 aliphatic heterocycles. The second kappa shape index (κ2) is 6.83. The second-order valence-electron chi connectivity index (χ2n) is 4.29. The van der Waals surface area contributed by atoms with Gasteiger partial charge in [-0.3, -0.25) is 0 Å². The first-order valence-corrected chi connectivity index (χ1v) is 6.16. The van der Waals surface area contributed by atoms with E-state index in [-0.39, 0.29) is 17.9 Å². The van der Waals surface area contributed by atoms with Crippen molar-refractivity contribution in [3.8, 4) is 0 Å². The van der Waals surface area contributed by atoms with Crippen LogP contribution in [0, 0.1) is 0 Å². The maximum atomic E-state index is 6.48. The van der Waals surface area contributed by atoms with Gasteiger partial charge in [0.2, 0.25) is 0 Å². The Balaban J connectivity index is 0.00000256. The molecule has 0 fully saturated rings. The Morgan fingerprint density at radius 3 is 2.24 bits per heavy atom. The topological polar surface area (TPSA) is 26.0 Å². The molecule has 0 radical (unpaired) electrons. The number of benzene rings is 1. The van der Waals surface area contributed by atoms with Crippen LogP contribution >= 0.6 is 12.4 Å². The van der Waals surface area contributed by atoms with Crippen molar-refractivity contribution in [2.45, 2.75) is 45.6 Å². The van der Waals surface area contributed by atoms with Crippen molar-refractivity contribution < 1.29 is 0 Å². The van der Waals surface area contributed by atoms with Gasteiger partial charge >= 0.3 is 0 Å². The van der Waals surface area contributed by atoms with E-state index in [1.807, 2.05) is 6.08 Å². The van der Waals surface area contributed by atoms with E-state index in [1.54, 1.807) is 0 Å². The number of halogens is 1. The molecule has 0 saturated carbocycles. The Morgan fingerprint density at radius 1 is 1.24 bits per heavy atom. The summed E-state index contributed by atoms with van der Waals surface area (Å²) in [5.41, 5.74) is 10.2. The highest BCUT2D eigenvalue weighted by Gasteiger charge is 2.25. The monoisotopic (exact) mass is 253 g/mol. The van der Waals surface area contributed by atoms with Crippen LogP contribution in [0.3, 0.4) is 0 Å². The van der Waals surface area contributed by atoms with E-state index in [9.17, 15) is 0 Å². The summed E-state index contributed by atoms with van der Waals surface area (Å²) < 4.78 is 0. The van der Waals surface area contributed by atoms with Gasteiger partial charge in [0.15, 0.2) is 0 Å². The standard InChI is InChI=1S/C15H23N.ClH/c1-5-12-10-9-11-14(13(12)6-2)15(16,7-3)8-4;/h5,9-11H,1,6-8,16H2,2-4H3;1H. The van der Waals surface area contributed by atoms with Crippen molar-refractivity contribution >= 4 is 18.5 Å². The molecule has 0 aliphatic carbocycles. The van der Waals surface area contributed by atoms with E-state index in [2.05, 4.69) is 45.5 Å². The Kier molecular flexibility index (Phi) is 6.51. The fraction of sp³-hybridized carbons (Fsp3) is 0.467. The van der Waals surface area contributed by atoms with Gasteiger partial charge in [-0.15, -0.1) is 12.4 Å². The van der Waals surface area contributed by atoms with Crippen LogP contribution in [-0.4, -0.2) is 0 Å². The highest BCUT2D eigenvalue weighted by Crippen LogP contribution is 2.31. The lowest BCUT2D eigenvalue weighted by Crippen LogP contribution is -2.36. The van der Waals surface area contributed by atoms with Gasteiger partial charge in [0.25, 0.3) is 0 Å². The van der Waals surface area contributed by atoms with E-state index >= 15 is 0 Å². The Labute approximate surface area is 112 Å². The highest BCUT2D eigenvalue weighted by molar-refractivity contribution is 5.85. The van der Waals surface area contributed by atoms with Crippen LogP contribution in [0.1, 0.15) is 50.3 Å². The van der Waals surface area contributed by atoms with E-state index in [4.69, 9.17) is 5.73 Å². The second-order valence-corrected chi connectivity index (χ2v) is 4.29. The lowest BCUT2D eigenvalue weighted by molar-refractivity contribution is 0.409. The van der Waals surface area contributed by atoms with Gasteiger partial charge in [0, 0.05) is 5.54 Å². The highest BCUT2D eigenvalue weighted by atomic mass is 35.5. The van der Waals surface area contributed by atoms with Crippen LogP contribution in [-0.2, 0) is 12.0 Å². The molecule has 0 amide bonds. The maximum absolute atomic E-state index is 6.48. The molecule has 1 aromatic carbocycles. The molecule has 0 bridgehead atoms. The zero-order valence-corrected chi connectivity index (χ0v) is 11.9. The van der Waals surface area contributed by atoms with Gasteiger partial charge in [-0.05, 0) is 36.0 Å². The SMILES string of the molecule is C=Cc1cccc(C(N)(CC)CC)c1CC.Cl. The minimum Gasteiger partial charge on any atom is -0.321 e. The van der Waals surface area contributed by atoms with Crippen molar-refractivity contribution in [1.82, 2.24) is 0 Å². The molecule has 0 heterocycles. The fourth-order valence-corrected chi connectivity index (χ4v) is 2.29. The first kappa shape index (κ1) is 16.2. The molecule has 17 heavy (non-hydrogen) atoms. The number of hydrogen-bond acceptors (Lipinski definition) is 1. The normalized spacial score (nSPS) is 10.8. The van der Waals surface area contributed by atoms with Gasteiger partial charge in [0.1, 0.15) is 0 Å². The van der Waals surface area contributed by atoms with E-state index < -0.39 is 0 Å². The summed E-state index contributed by atoms with van der Waals surface area (Å²) >= 11 is 0. The van der Waals surface area contributed by atoms with Gasteiger partial charge in [-0.2, -0.15) is 0 Å². The van der Waals surface area contributed by atoms with E-state index in [1.165, 1.54) is 16.7 Å². The molecule has 0 unspecified atom stereocenters. The summed E-state index contributed by atoms with van der Waals surface area (Å²) in [6.45, 7) is 10.4. The van der Waals surface area contributed by atoms with E-state index in [0.29, 0.717) is 0 Å². The maximum Gasteiger partial charge on any atom is 0.0407 e. The van der Waals surface area contributed by atoms with Gasteiger partial charge in [0.05, 0.1) is 0 Å². The summed E-state index contributed by atoms with van der Waals surface area (Å²) in [5.74, 6) is 0. The predicted octanol–water partition coefficient (Wildman–Crippen LogP) is 4.29. The third-order valence-corrected chi connectivity index (χ3v) is 3.58. The number of nitrogens with two attached hydrogens (primary N) is 1. The van der Waals surface area contributed by atoms with Gasteiger partial charge < -0.3 is 5.73 Å². The zero-order valence-electron chi connectivity index (χ0n) is 11.1. The summed E-state index contributed by atoms with van der Waals surface area (Å²) in [4.78, 5) is 0. The van der Waals surface area contributed by atoms with Crippen LogP contribution in [0.25, 0.3) is 6.08 Å². The number of rotatable bonds is 5. The van der Waals surface area contributed by atoms with Gasteiger partial charge in [-0.1, -0.05) is 51.6 Å². The van der Waals surface area contributed by atoms with Crippen LogP contribution in [0.5, 0.6) is 0 Å². The average molecular weight is 254 g/mol. The Hall–Kier alpha value is -0.790. The minimum absolute atomic E-state index is 0. The average Bonchev–Trinajstić information content (AvgIpc) is 2.36. The van der Waals surface area contributed by atoms with Crippen molar-refractivity contribution in [3.05, 3.63) is 41.5 Å². The fourth-order valence-electron chi connectivity index (χ4n) is 2.29. The van der Waals surface area contributed by atoms with E-state index in [0.717, 1.165) is 19.3 Å². The Morgan fingerprint density at radius 2 is 1.82 bits per heavy atom. The smallest absolute Gasteiger partial charge is 0.0407 e. The molecule has 2 N–H and O–H groups in total. The lowest BCUT2D eigenvalue weighted by atomic mass is 9.81. The summed E-state index contributed by atoms with van der Waals surface area (Å²) in [7, 11) is 0. The summed E-state index contributed by atoms with van der Waals surface area (Å²) in [6, 6.07) is 6.36. The summed E-state index contributed by atoms with van der Waals surface area (Å²) in [5, 5.41) is 0. The number of hydrogen-bond donors (Lipinski definition) is 1. The molecular weight excluding hydrogens is 230 g/mol. The van der Waals surface area contributed by atoms with Gasteiger partial charge in [-0.25, -0.2) is 0 Å². The molecule has 0 aliphatic rings. The molecule has 0 aromatic heterocycles. The molecule has 96 valence electrons. The first-order valence-electron chi connectivity index (χ1n) is 6.16. The van der Waals surface area contributed by atoms with Crippen molar-refractivity contribution in [1.29, 1.82) is 0 Å². The molecule has 1 nitrogen and oxygen atoms in total. The minimum atomic E-state index is -0.190. The van der Waals surface area contributed by atoms with Crippen molar-refractivity contribution in [2.75, 3.05) is 0 Å². The van der Waals surface area contributed by atoms with Crippen LogP contribution in [0.4, 0.5) is 0 Å². The van der Waals surface area contributed by atoms with Crippen molar-refractivity contribution in [2.24, 2.45) is 5.73 Å². The molecule has 0 atom stereocenters. The Bertz CT molecular complexity index is 367. The third kappa shape index (κ3) is 3.11. The molecule has 2 heteroatoms. The van der Waals surface area contributed by atoms with Crippen LogP contribution < -0.4 is 5.73 Å². The van der Waals surface area contributed by atoms with Crippen LogP contribution in [0.15, 0.2) is 24.8 Å². The summed E-state index contributed by atoms with van der Waals surface area (Å²) in [6.07, 6.45) is 4.87. The molecule has 1 rings (SSSR count). The first-order chi connectivity index (χ1) is 7.62. The molecule has 0 spiro atoms. The van der Waals surface area contributed by atoms with Crippen LogP contribution in [0.2, 0.25) is 0 Å². The zero-order chi connectivity index (χ0) is 12.2. The molecular formula is C15H24ClN. The largest absolute Gasteiger partial charge is 0.321 e. The third-order valence-electron chi connectivity index (χ3n) is 3.58. The van der Waals surface area contributed by atoms with Crippen molar-refractivity contribution in [3.63, 3.8) is 0 Å². The predicted molar refractivity (Wildman–Crippen MR) is 79.6 cm³/mol. The molecule has 0 saturated heterocycles. The molecule has 1 aromatic rings.